The van der Waals surface area contributed by atoms with E-state index in [1.54, 1.807) is 0 Å². The van der Waals surface area contributed by atoms with Crippen LogP contribution in [0, 0.1) is 0 Å². The quantitative estimate of drug-likeness (QED) is 0.302. The number of hydrogen-bond donors (Lipinski definition) is 0. The summed E-state index contributed by atoms with van der Waals surface area (Å²) in [6, 6.07) is 2.64. The number of unbranched alkanes of at least 4 members (excludes halogenated alkanes) is 2. The van der Waals surface area contributed by atoms with Crippen LogP contribution in [0.15, 0.2) is 12.7 Å². The Morgan fingerprint density at radius 1 is 1.44 bits per heavy atom. The highest BCUT2D eigenvalue weighted by molar-refractivity contribution is 6.35. The highest BCUT2D eigenvalue weighted by atomic mass is 28.2. The zero-order valence-corrected chi connectivity index (χ0v) is 7.32. The predicted molar refractivity (Wildman–Crippen MR) is 45.1 cm³/mol. The van der Waals surface area contributed by atoms with Gasteiger partial charge in [0.2, 0.25) is 0 Å². The first-order chi connectivity index (χ1) is 4.41. The average molecular weight is 140 g/mol. The van der Waals surface area contributed by atoms with Crippen molar-refractivity contribution in [2.24, 2.45) is 0 Å². The minimum absolute atomic E-state index is 1.12. The van der Waals surface area contributed by atoms with Crippen LogP contribution in [-0.4, -0.2) is 9.52 Å². The van der Waals surface area contributed by atoms with Gasteiger partial charge in [-0.2, -0.15) is 0 Å². The van der Waals surface area contributed by atoms with Crippen molar-refractivity contribution in [1.29, 1.82) is 0 Å². The van der Waals surface area contributed by atoms with E-state index in [0.717, 1.165) is 9.52 Å². The Bertz CT molecular complexity index is 59.6. The zero-order valence-electron chi connectivity index (χ0n) is 6.32. The fraction of sp³-hybridized carbons (Fsp3) is 0.750. The molecule has 0 bridgehead atoms. The lowest BCUT2D eigenvalue weighted by Crippen LogP contribution is -1.85. The summed E-state index contributed by atoms with van der Waals surface area (Å²) in [6.07, 6.45) is 6.19. The molecule has 52 valence electrons. The minimum atomic E-state index is 1.12. The van der Waals surface area contributed by atoms with Gasteiger partial charge >= 0.3 is 0 Å². The molecule has 0 aliphatic heterocycles. The molecule has 0 aromatic heterocycles. The number of allylic oxidation sites excluding steroid dienone is 1. The average Bonchev–Trinajstić information content (AvgIpc) is 1.89. The molecule has 0 unspecified atom stereocenters. The maximum Gasteiger partial charge on any atom is 0.0420 e. The monoisotopic (exact) mass is 140 g/mol. The molecule has 0 fully saturated rings. The third kappa shape index (κ3) is 7.96. The van der Waals surface area contributed by atoms with Crippen LogP contribution < -0.4 is 0 Å². The Labute approximate surface area is 61.2 Å². The fourth-order valence-electron chi connectivity index (χ4n) is 0.704. The summed E-state index contributed by atoms with van der Waals surface area (Å²) in [7, 11) is 1.12. The summed E-state index contributed by atoms with van der Waals surface area (Å²) < 4.78 is 0. The first-order valence-electron chi connectivity index (χ1n) is 3.73. The van der Waals surface area contributed by atoms with Gasteiger partial charge in [-0.25, -0.2) is 0 Å². The molecule has 0 rings (SSSR count). The molecule has 2 radical (unpaired) electrons. The minimum Gasteiger partial charge on any atom is -0.103 e. The Hall–Kier alpha value is -0.0431. The van der Waals surface area contributed by atoms with Crippen LogP contribution in [0.3, 0.4) is 0 Å². The van der Waals surface area contributed by atoms with Crippen LogP contribution in [0.25, 0.3) is 0 Å². The maximum atomic E-state index is 3.69. The molecule has 0 N–H and O–H groups in total. The third-order valence-corrected chi connectivity index (χ3v) is 2.53. The van der Waals surface area contributed by atoms with Crippen molar-refractivity contribution in [3.05, 3.63) is 12.7 Å². The number of rotatable bonds is 6. The molecule has 0 aliphatic carbocycles. The van der Waals surface area contributed by atoms with Crippen molar-refractivity contribution in [1.82, 2.24) is 0 Å². The topological polar surface area (TPSA) is 0 Å². The Morgan fingerprint density at radius 2 is 2.22 bits per heavy atom. The molecular formula is C8H16Si. The van der Waals surface area contributed by atoms with Crippen molar-refractivity contribution in [2.75, 3.05) is 0 Å². The van der Waals surface area contributed by atoms with E-state index in [2.05, 4.69) is 13.5 Å². The third-order valence-electron chi connectivity index (χ3n) is 1.25. The van der Waals surface area contributed by atoms with E-state index >= 15 is 0 Å². The molecule has 0 amide bonds. The second-order valence-electron chi connectivity index (χ2n) is 2.20. The molecule has 0 saturated carbocycles. The first kappa shape index (κ1) is 8.96. The SMILES string of the molecule is C=CC[Si]CCCCC. The first-order valence-corrected chi connectivity index (χ1v) is 5.14. The Kier molecular flexibility index (Phi) is 7.92. The molecule has 0 atom stereocenters. The maximum absolute atomic E-state index is 3.69. The predicted octanol–water partition coefficient (Wildman–Crippen LogP) is 2.90. The lowest BCUT2D eigenvalue weighted by Gasteiger charge is -1.93. The summed E-state index contributed by atoms with van der Waals surface area (Å²) in [6.45, 7) is 5.93. The molecule has 0 aromatic rings. The summed E-state index contributed by atoms with van der Waals surface area (Å²) in [5.41, 5.74) is 0. The number of hydrogen-bond acceptors (Lipinski definition) is 0. The summed E-state index contributed by atoms with van der Waals surface area (Å²) >= 11 is 0. The van der Waals surface area contributed by atoms with Gasteiger partial charge in [-0.05, 0) is 6.04 Å². The largest absolute Gasteiger partial charge is 0.103 e. The summed E-state index contributed by atoms with van der Waals surface area (Å²) in [5, 5.41) is 0. The van der Waals surface area contributed by atoms with Gasteiger partial charge in [-0.15, -0.1) is 6.58 Å². The van der Waals surface area contributed by atoms with Gasteiger partial charge in [0, 0.05) is 9.52 Å². The van der Waals surface area contributed by atoms with Crippen LogP contribution in [0.1, 0.15) is 26.2 Å². The van der Waals surface area contributed by atoms with Crippen LogP contribution >= 0.6 is 0 Å². The van der Waals surface area contributed by atoms with E-state index in [1.165, 1.54) is 31.4 Å². The zero-order chi connectivity index (χ0) is 6.95. The Morgan fingerprint density at radius 3 is 2.78 bits per heavy atom. The molecule has 0 saturated heterocycles. The lowest BCUT2D eigenvalue weighted by atomic mass is 10.3. The van der Waals surface area contributed by atoms with Gasteiger partial charge in [0.1, 0.15) is 0 Å². The molecule has 9 heavy (non-hydrogen) atoms. The van der Waals surface area contributed by atoms with E-state index in [4.69, 9.17) is 0 Å². The Balaban J connectivity index is 2.66. The summed E-state index contributed by atoms with van der Waals surface area (Å²) in [5.74, 6) is 0. The van der Waals surface area contributed by atoms with Crippen molar-refractivity contribution in [3.63, 3.8) is 0 Å². The second kappa shape index (κ2) is 7.96. The smallest absolute Gasteiger partial charge is 0.0420 e. The van der Waals surface area contributed by atoms with Crippen molar-refractivity contribution < 1.29 is 0 Å². The van der Waals surface area contributed by atoms with Crippen molar-refractivity contribution in [2.45, 2.75) is 38.3 Å². The van der Waals surface area contributed by atoms with Gasteiger partial charge in [0.25, 0.3) is 0 Å². The van der Waals surface area contributed by atoms with Crippen molar-refractivity contribution in [3.8, 4) is 0 Å². The fourth-order valence-corrected chi connectivity index (χ4v) is 1.61. The molecule has 0 aliphatic rings. The standard InChI is InChI=1S/C8H16Si/c1-3-5-6-8-9-7-4-2/h4H,2-3,5-8H2,1H3. The van der Waals surface area contributed by atoms with Gasteiger partial charge in [0.15, 0.2) is 0 Å². The molecule has 1 heteroatoms. The van der Waals surface area contributed by atoms with Crippen LogP contribution in [0.4, 0.5) is 0 Å². The van der Waals surface area contributed by atoms with Crippen LogP contribution in [-0.2, 0) is 0 Å². The molecule has 0 heterocycles. The van der Waals surface area contributed by atoms with E-state index in [0.29, 0.717) is 0 Å². The van der Waals surface area contributed by atoms with Gasteiger partial charge in [-0.1, -0.05) is 38.3 Å². The normalized spacial score (nSPS) is 9.44. The highest BCUT2D eigenvalue weighted by Crippen LogP contribution is 1.99. The van der Waals surface area contributed by atoms with Crippen LogP contribution in [0.2, 0.25) is 12.1 Å². The van der Waals surface area contributed by atoms with E-state index < -0.39 is 0 Å². The van der Waals surface area contributed by atoms with E-state index in [-0.39, 0.29) is 0 Å². The summed E-state index contributed by atoms with van der Waals surface area (Å²) in [4.78, 5) is 0. The highest BCUT2D eigenvalue weighted by Gasteiger charge is 1.85. The van der Waals surface area contributed by atoms with E-state index in [9.17, 15) is 0 Å². The molecule has 0 spiro atoms. The van der Waals surface area contributed by atoms with Gasteiger partial charge in [-0.3, -0.25) is 0 Å². The van der Waals surface area contributed by atoms with Gasteiger partial charge in [0.05, 0.1) is 0 Å². The lowest BCUT2D eigenvalue weighted by molar-refractivity contribution is 0.768. The molecule has 0 aromatic carbocycles. The second-order valence-corrected chi connectivity index (χ2v) is 3.61. The molecular weight excluding hydrogens is 124 g/mol. The molecule has 0 nitrogen and oxygen atoms in total. The van der Waals surface area contributed by atoms with Crippen LogP contribution in [0.5, 0.6) is 0 Å². The van der Waals surface area contributed by atoms with Gasteiger partial charge < -0.3 is 0 Å². The van der Waals surface area contributed by atoms with Crippen molar-refractivity contribution >= 4 is 9.52 Å². The van der Waals surface area contributed by atoms with E-state index in [1.807, 2.05) is 6.08 Å².